The van der Waals surface area contributed by atoms with Gasteiger partial charge in [0.1, 0.15) is 5.82 Å². The van der Waals surface area contributed by atoms with Crippen molar-refractivity contribution in [2.75, 3.05) is 5.73 Å². The van der Waals surface area contributed by atoms with Crippen molar-refractivity contribution in [3.63, 3.8) is 0 Å². The molecule has 0 amide bonds. The van der Waals surface area contributed by atoms with Crippen molar-refractivity contribution in [1.29, 1.82) is 0 Å². The highest BCUT2D eigenvalue weighted by Gasteiger charge is 2.08. The number of aryl methyl sites for hydroxylation is 1. The molecule has 19 heavy (non-hydrogen) atoms. The molecule has 1 aromatic carbocycles. The fourth-order valence-corrected chi connectivity index (χ4v) is 1.68. The lowest BCUT2D eigenvalue weighted by atomic mass is 10.2. The Bertz CT molecular complexity index is 725. The highest BCUT2D eigenvalue weighted by Crippen LogP contribution is 2.17. The number of nitrogen functional groups attached to an aromatic ring is 1. The van der Waals surface area contributed by atoms with Crippen molar-refractivity contribution in [2.45, 2.75) is 13.5 Å². The number of benzene rings is 1. The molecule has 7 heteroatoms. The molecule has 0 aliphatic rings. The van der Waals surface area contributed by atoms with Crippen LogP contribution in [0.15, 0.2) is 28.8 Å². The molecule has 0 fully saturated rings. The molecule has 0 aliphatic carbocycles. The molecule has 0 atom stereocenters. The molecule has 2 aromatic heterocycles. The summed E-state index contributed by atoms with van der Waals surface area (Å²) in [6.07, 6.45) is 0.0906. The maximum Gasteiger partial charge on any atom is 0.417 e. The normalized spacial score (nSPS) is 10.8. The summed E-state index contributed by atoms with van der Waals surface area (Å²) in [7, 11) is 0. The molecule has 0 saturated carbocycles. The molecule has 0 aliphatic heterocycles. The molecule has 7 nitrogen and oxygen atoms in total. The van der Waals surface area contributed by atoms with Crippen LogP contribution in [0.5, 0.6) is 6.08 Å². The van der Waals surface area contributed by atoms with Gasteiger partial charge in [0, 0.05) is 5.39 Å². The van der Waals surface area contributed by atoms with Crippen LogP contribution in [0.2, 0.25) is 0 Å². The molecule has 0 bridgehead atoms. The van der Waals surface area contributed by atoms with Crippen LogP contribution >= 0.6 is 0 Å². The Balaban J connectivity index is 1.85. The number of nitrogens with two attached hydrogens (primary N) is 1. The van der Waals surface area contributed by atoms with Gasteiger partial charge in [-0.2, -0.15) is 4.98 Å². The predicted octanol–water partition coefficient (Wildman–Crippen LogP) is 1.48. The third-order valence-corrected chi connectivity index (χ3v) is 2.51. The van der Waals surface area contributed by atoms with Crippen LogP contribution in [-0.4, -0.2) is 20.1 Å². The third kappa shape index (κ3) is 2.30. The lowest BCUT2D eigenvalue weighted by Gasteiger charge is -2.04. The number of hydrogen-bond acceptors (Lipinski definition) is 7. The number of aromatic nitrogens is 4. The molecule has 2 heterocycles. The number of anilines is 1. The van der Waals surface area contributed by atoms with Crippen LogP contribution in [0.1, 0.15) is 11.6 Å². The zero-order valence-electron chi connectivity index (χ0n) is 10.2. The Morgan fingerprint density at radius 2 is 2.05 bits per heavy atom. The molecule has 0 spiro atoms. The maximum absolute atomic E-state index is 5.87. The molecule has 3 rings (SSSR count). The van der Waals surface area contributed by atoms with Gasteiger partial charge in [0.25, 0.3) is 0 Å². The van der Waals surface area contributed by atoms with Crippen LogP contribution in [0, 0.1) is 6.92 Å². The van der Waals surface area contributed by atoms with E-state index in [9.17, 15) is 0 Å². The number of nitrogens with zero attached hydrogens (tertiary/aromatic N) is 4. The zero-order valence-corrected chi connectivity index (χ0v) is 10.2. The van der Waals surface area contributed by atoms with Crippen molar-refractivity contribution >= 4 is 16.7 Å². The first kappa shape index (κ1) is 11.4. The fraction of sp³-hybridized carbons (Fsp3) is 0.167. The molecule has 3 aromatic rings. The quantitative estimate of drug-likeness (QED) is 0.758. The van der Waals surface area contributed by atoms with Gasteiger partial charge in [0.15, 0.2) is 18.3 Å². The number of para-hydroxylation sites is 1. The van der Waals surface area contributed by atoms with Gasteiger partial charge in [-0.3, -0.25) is 4.52 Å². The molecule has 0 radical (unpaired) electrons. The van der Waals surface area contributed by atoms with Crippen molar-refractivity contribution in [1.82, 2.24) is 20.1 Å². The standard InChI is InChI=1S/C12H11N5O2/c1-7-14-12(19-17-7)18-6-10-15-9-5-3-2-4-8(9)11(13)16-10/h2-5H,6H2,1H3,(H2,13,15,16). The van der Waals surface area contributed by atoms with Crippen molar-refractivity contribution in [3.05, 3.63) is 35.9 Å². The second kappa shape index (κ2) is 4.52. The van der Waals surface area contributed by atoms with E-state index in [-0.39, 0.29) is 12.7 Å². The highest BCUT2D eigenvalue weighted by atomic mass is 16.6. The van der Waals surface area contributed by atoms with Crippen LogP contribution < -0.4 is 10.5 Å². The van der Waals surface area contributed by atoms with E-state index in [0.29, 0.717) is 17.5 Å². The third-order valence-electron chi connectivity index (χ3n) is 2.51. The number of rotatable bonds is 3. The van der Waals surface area contributed by atoms with Gasteiger partial charge in [0.2, 0.25) is 0 Å². The molecule has 0 unspecified atom stereocenters. The number of hydrogen-bond donors (Lipinski definition) is 1. The lowest BCUT2D eigenvalue weighted by molar-refractivity contribution is 0.190. The summed E-state index contributed by atoms with van der Waals surface area (Å²) in [6, 6.07) is 7.52. The van der Waals surface area contributed by atoms with E-state index >= 15 is 0 Å². The number of fused-ring (bicyclic) bond motifs is 1. The van der Waals surface area contributed by atoms with Gasteiger partial charge in [0.05, 0.1) is 5.52 Å². The summed E-state index contributed by atoms with van der Waals surface area (Å²) in [5.74, 6) is 1.40. The van der Waals surface area contributed by atoms with E-state index in [1.807, 2.05) is 24.3 Å². The first-order chi connectivity index (χ1) is 9.22. The summed E-state index contributed by atoms with van der Waals surface area (Å²) >= 11 is 0. The van der Waals surface area contributed by atoms with Gasteiger partial charge in [-0.25, -0.2) is 9.97 Å². The van der Waals surface area contributed by atoms with Crippen molar-refractivity contribution in [2.24, 2.45) is 0 Å². The molecule has 2 N–H and O–H groups in total. The Morgan fingerprint density at radius 3 is 2.84 bits per heavy atom. The topological polar surface area (TPSA) is 100.0 Å². The van der Waals surface area contributed by atoms with E-state index in [1.54, 1.807) is 6.92 Å². The minimum atomic E-state index is 0.0906. The smallest absolute Gasteiger partial charge is 0.417 e. The Hall–Kier alpha value is -2.70. The fourth-order valence-electron chi connectivity index (χ4n) is 1.68. The average Bonchev–Trinajstić information content (AvgIpc) is 2.82. The monoisotopic (exact) mass is 257 g/mol. The van der Waals surface area contributed by atoms with E-state index in [0.717, 1.165) is 10.9 Å². The van der Waals surface area contributed by atoms with E-state index in [2.05, 4.69) is 20.1 Å². The van der Waals surface area contributed by atoms with Gasteiger partial charge in [-0.05, 0) is 19.1 Å². The zero-order chi connectivity index (χ0) is 13.2. The highest BCUT2D eigenvalue weighted by molar-refractivity contribution is 5.87. The molecule has 0 saturated heterocycles. The Labute approximate surface area is 108 Å². The second-order valence-corrected chi connectivity index (χ2v) is 3.94. The first-order valence-electron chi connectivity index (χ1n) is 5.66. The average molecular weight is 257 g/mol. The van der Waals surface area contributed by atoms with Gasteiger partial charge >= 0.3 is 6.08 Å². The summed E-state index contributed by atoms with van der Waals surface area (Å²) in [5.41, 5.74) is 6.65. The van der Waals surface area contributed by atoms with Gasteiger partial charge < -0.3 is 10.5 Å². The van der Waals surface area contributed by atoms with E-state index < -0.39 is 0 Å². The SMILES string of the molecule is Cc1noc(OCc2nc(N)c3ccccc3n2)n1. The first-order valence-corrected chi connectivity index (χ1v) is 5.66. The molecular formula is C12H11N5O2. The maximum atomic E-state index is 5.87. The van der Waals surface area contributed by atoms with Crippen LogP contribution in [0.4, 0.5) is 5.82 Å². The summed E-state index contributed by atoms with van der Waals surface area (Å²) < 4.78 is 10.1. The van der Waals surface area contributed by atoms with E-state index in [4.69, 9.17) is 15.0 Å². The molecular weight excluding hydrogens is 246 g/mol. The van der Waals surface area contributed by atoms with Gasteiger partial charge in [-0.15, -0.1) is 0 Å². The summed E-state index contributed by atoms with van der Waals surface area (Å²) in [4.78, 5) is 12.5. The van der Waals surface area contributed by atoms with Crippen LogP contribution in [0.25, 0.3) is 10.9 Å². The van der Waals surface area contributed by atoms with E-state index in [1.165, 1.54) is 0 Å². The van der Waals surface area contributed by atoms with Crippen molar-refractivity contribution in [3.8, 4) is 6.08 Å². The van der Waals surface area contributed by atoms with Crippen molar-refractivity contribution < 1.29 is 9.26 Å². The number of ether oxygens (including phenoxy) is 1. The second-order valence-electron chi connectivity index (χ2n) is 3.94. The summed E-state index contributed by atoms with van der Waals surface area (Å²) in [5, 5.41) is 4.44. The van der Waals surface area contributed by atoms with Crippen LogP contribution in [0.3, 0.4) is 0 Å². The lowest BCUT2D eigenvalue weighted by Crippen LogP contribution is -2.05. The largest absolute Gasteiger partial charge is 0.441 e. The van der Waals surface area contributed by atoms with Gasteiger partial charge in [-0.1, -0.05) is 17.3 Å². The summed E-state index contributed by atoms with van der Waals surface area (Å²) in [6.45, 7) is 1.83. The Kier molecular flexibility index (Phi) is 2.71. The minimum Gasteiger partial charge on any atom is -0.441 e. The minimum absolute atomic E-state index is 0.0906. The van der Waals surface area contributed by atoms with Crippen LogP contribution in [-0.2, 0) is 6.61 Å². The predicted molar refractivity (Wildman–Crippen MR) is 67.3 cm³/mol. The molecule has 96 valence electrons. The Morgan fingerprint density at radius 1 is 1.21 bits per heavy atom.